The Morgan fingerprint density at radius 2 is 1.94 bits per heavy atom. The first-order chi connectivity index (χ1) is 7.86. The van der Waals surface area contributed by atoms with Crippen molar-refractivity contribution in [3.05, 3.63) is 0 Å². The smallest absolute Gasteiger partial charge is 0.220 e. The van der Waals surface area contributed by atoms with Crippen LogP contribution < -0.4 is 10.5 Å². The van der Waals surface area contributed by atoms with Crippen LogP contribution in [0.25, 0.3) is 0 Å². The Morgan fingerprint density at radius 3 is 2.35 bits per heavy atom. The Balaban J connectivity index is 2.53. The summed E-state index contributed by atoms with van der Waals surface area (Å²) in [7, 11) is -3.40. The standard InChI is InChI=1S/C11H22N2O2S2/c1-3-9-4-6-10(7-5-9)13-17(14,15)8(2)11(12)16/h8-10,13H,3-7H2,1-2H3,(H2,12,16). The Hall–Kier alpha value is -0.200. The van der Waals surface area contributed by atoms with Crippen LogP contribution >= 0.6 is 12.2 Å². The number of hydrogen-bond acceptors (Lipinski definition) is 3. The lowest BCUT2D eigenvalue weighted by Crippen LogP contribution is -2.45. The molecule has 17 heavy (non-hydrogen) atoms. The number of thiocarbonyl (C=S) groups is 1. The van der Waals surface area contributed by atoms with Crippen molar-refractivity contribution in [1.29, 1.82) is 0 Å². The van der Waals surface area contributed by atoms with Crippen LogP contribution in [0.3, 0.4) is 0 Å². The Kier molecular flexibility index (Phi) is 5.34. The van der Waals surface area contributed by atoms with E-state index in [0.29, 0.717) is 0 Å². The minimum absolute atomic E-state index is 0.0275. The van der Waals surface area contributed by atoms with Gasteiger partial charge in [0.2, 0.25) is 10.0 Å². The molecule has 0 bridgehead atoms. The summed E-state index contributed by atoms with van der Waals surface area (Å²) in [5, 5.41) is -0.790. The quantitative estimate of drug-likeness (QED) is 0.748. The predicted octanol–water partition coefficient (Wildman–Crippen LogP) is 1.55. The zero-order chi connectivity index (χ0) is 13.1. The number of nitrogens with two attached hydrogens (primary N) is 1. The molecule has 6 heteroatoms. The van der Waals surface area contributed by atoms with Crippen LogP contribution in [0.1, 0.15) is 46.0 Å². The van der Waals surface area contributed by atoms with E-state index >= 15 is 0 Å². The molecule has 0 radical (unpaired) electrons. The minimum Gasteiger partial charge on any atom is -0.392 e. The molecule has 1 rings (SSSR count). The van der Waals surface area contributed by atoms with E-state index in [0.717, 1.165) is 31.6 Å². The van der Waals surface area contributed by atoms with E-state index in [1.165, 1.54) is 13.3 Å². The predicted molar refractivity (Wildman–Crippen MR) is 74.3 cm³/mol. The summed E-state index contributed by atoms with van der Waals surface area (Å²) in [5.41, 5.74) is 5.38. The van der Waals surface area contributed by atoms with Gasteiger partial charge in [0.05, 0.1) is 4.99 Å². The van der Waals surface area contributed by atoms with Gasteiger partial charge in [-0.05, 0) is 38.5 Å². The molecule has 0 amide bonds. The van der Waals surface area contributed by atoms with Crippen LogP contribution in [0.5, 0.6) is 0 Å². The minimum atomic E-state index is -3.40. The number of sulfonamides is 1. The largest absolute Gasteiger partial charge is 0.392 e. The van der Waals surface area contributed by atoms with Gasteiger partial charge in [0, 0.05) is 6.04 Å². The maximum atomic E-state index is 11.9. The Labute approximate surface area is 109 Å². The highest BCUT2D eigenvalue weighted by Gasteiger charge is 2.28. The van der Waals surface area contributed by atoms with Crippen LogP contribution in [0.15, 0.2) is 0 Å². The molecule has 0 spiro atoms. The van der Waals surface area contributed by atoms with Gasteiger partial charge in [0.1, 0.15) is 5.25 Å². The third-order valence-electron chi connectivity index (χ3n) is 3.62. The fourth-order valence-corrected chi connectivity index (χ4v) is 3.77. The first kappa shape index (κ1) is 14.9. The molecule has 1 aliphatic carbocycles. The first-order valence-electron chi connectivity index (χ1n) is 6.17. The molecular formula is C11H22N2O2S2. The van der Waals surface area contributed by atoms with Gasteiger partial charge in [0.25, 0.3) is 0 Å². The van der Waals surface area contributed by atoms with Gasteiger partial charge in [-0.1, -0.05) is 25.6 Å². The Morgan fingerprint density at radius 1 is 1.41 bits per heavy atom. The van der Waals surface area contributed by atoms with Crippen molar-refractivity contribution in [3.8, 4) is 0 Å². The summed E-state index contributed by atoms with van der Waals surface area (Å²) in [6.07, 6.45) is 5.22. The van der Waals surface area contributed by atoms with Crippen molar-refractivity contribution in [2.45, 2.75) is 57.2 Å². The highest BCUT2D eigenvalue weighted by atomic mass is 32.2. The second kappa shape index (κ2) is 6.11. The molecule has 1 saturated carbocycles. The van der Waals surface area contributed by atoms with E-state index in [2.05, 4.69) is 11.6 Å². The normalized spacial score (nSPS) is 27.6. The Bertz CT molecular complexity index is 360. The van der Waals surface area contributed by atoms with Gasteiger partial charge in [-0.2, -0.15) is 0 Å². The number of nitrogens with one attached hydrogen (secondary N) is 1. The SMILES string of the molecule is CCC1CCC(NS(=O)(=O)C(C)C(N)=S)CC1. The van der Waals surface area contributed by atoms with Crippen molar-refractivity contribution in [2.24, 2.45) is 11.7 Å². The van der Waals surface area contributed by atoms with Crippen molar-refractivity contribution in [3.63, 3.8) is 0 Å². The lowest BCUT2D eigenvalue weighted by molar-refractivity contribution is 0.306. The third-order valence-corrected chi connectivity index (χ3v) is 5.97. The summed E-state index contributed by atoms with van der Waals surface area (Å²) < 4.78 is 26.6. The van der Waals surface area contributed by atoms with Gasteiger partial charge < -0.3 is 5.73 Å². The molecule has 0 aromatic carbocycles. The van der Waals surface area contributed by atoms with Gasteiger partial charge in [-0.15, -0.1) is 0 Å². The zero-order valence-electron chi connectivity index (χ0n) is 10.5. The molecule has 1 unspecified atom stereocenters. The summed E-state index contributed by atoms with van der Waals surface area (Å²) in [6.45, 7) is 3.71. The van der Waals surface area contributed by atoms with E-state index in [9.17, 15) is 8.42 Å². The van der Waals surface area contributed by atoms with Gasteiger partial charge in [-0.25, -0.2) is 13.1 Å². The van der Waals surface area contributed by atoms with Crippen LogP contribution in [0.2, 0.25) is 0 Å². The summed E-state index contributed by atoms with van der Waals surface area (Å²) in [6, 6.07) is 0.0552. The van der Waals surface area contributed by atoms with E-state index in [1.54, 1.807) is 0 Å². The molecule has 4 nitrogen and oxygen atoms in total. The van der Waals surface area contributed by atoms with Crippen molar-refractivity contribution in [2.75, 3.05) is 0 Å². The molecule has 1 atom stereocenters. The molecular weight excluding hydrogens is 256 g/mol. The lowest BCUT2D eigenvalue weighted by atomic mass is 9.85. The number of rotatable bonds is 5. The van der Waals surface area contributed by atoms with E-state index in [-0.39, 0.29) is 11.0 Å². The van der Waals surface area contributed by atoms with Gasteiger partial charge in [0.15, 0.2) is 0 Å². The average molecular weight is 278 g/mol. The third kappa shape index (κ3) is 4.19. The molecule has 0 saturated heterocycles. The van der Waals surface area contributed by atoms with E-state index in [1.807, 2.05) is 0 Å². The fraction of sp³-hybridized carbons (Fsp3) is 0.909. The summed E-state index contributed by atoms with van der Waals surface area (Å²) in [5.74, 6) is 0.753. The van der Waals surface area contributed by atoms with Crippen LogP contribution in [0, 0.1) is 5.92 Å². The van der Waals surface area contributed by atoms with E-state index in [4.69, 9.17) is 18.0 Å². The molecule has 0 heterocycles. The molecule has 100 valence electrons. The van der Waals surface area contributed by atoms with Crippen molar-refractivity contribution < 1.29 is 8.42 Å². The maximum absolute atomic E-state index is 11.9. The second-order valence-corrected chi connectivity index (χ2v) is 7.34. The molecule has 1 fully saturated rings. The molecule has 0 aromatic heterocycles. The average Bonchev–Trinajstić information content (AvgIpc) is 2.28. The van der Waals surface area contributed by atoms with E-state index < -0.39 is 15.3 Å². The molecule has 0 aromatic rings. The highest BCUT2D eigenvalue weighted by molar-refractivity contribution is 7.93. The topological polar surface area (TPSA) is 72.2 Å². The second-order valence-electron chi connectivity index (χ2n) is 4.83. The van der Waals surface area contributed by atoms with Gasteiger partial charge in [-0.3, -0.25) is 0 Å². The fourth-order valence-electron chi connectivity index (χ4n) is 2.18. The monoisotopic (exact) mass is 278 g/mol. The number of hydrogen-bond donors (Lipinski definition) is 2. The van der Waals surface area contributed by atoms with Crippen LogP contribution in [-0.2, 0) is 10.0 Å². The summed E-state index contributed by atoms with van der Waals surface area (Å²) in [4.78, 5) is 0.0275. The van der Waals surface area contributed by atoms with Gasteiger partial charge >= 0.3 is 0 Å². The van der Waals surface area contributed by atoms with Crippen molar-refractivity contribution >= 4 is 27.2 Å². The lowest BCUT2D eigenvalue weighted by Gasteiger charge is -2.29. The zero-order valence-corrected chi connectivity index (χ0v) is 12.1. The summed E-state index contributed by atoms with van der Waals surface area (Å²) >= 11 is 4.73. The highest BCUT2D eigenvalue weighted by Crippen LogP contribution is 2.27. The molecule has 3 N–H and O–H groups in total. The van der Waals surface area contributed by atoms with Crippen LogP contribution in [-0.4, -0.2) is 24.7 Å². The maximum Gasteiger partial charge on any atom is 0.220 e. The van der Waals surface area contributed by atoms with Crippen LogP contribution in [0.4, 0.5) is 0 Å². The first-order valence-corrected chi connectivity index (χ1v) is 8.12. The molecule has 1 aliphatic rings. The van der Waals surface area contributed by atoms with Crippen molar-refractivity contribution in [1.82, 2.24) is 4.72 Å². The molecule has 0 aliphatic heterocycles.